The summed E-state index contributed by atoms with van der Waals surface area (Å²) in [6, 6.07) is 14.5. The zero-order chi connectivity index (χ0) is 28.5. The van der Waals surface area contributed by atoms with E-state index < -0.39 is 0 Å². The molecule has 2 aliphatic rings. The fraction of sp³-hybridized carbons (Fsp3) is 0.310. The van der Waals surface area contributed by atoms with Crippen molar-refractivity contribution in [2.24, 2.45) is 0 Å². The summed E-state index contributed by atoms with van der Waals surface area (Å²) in [6.45, 7) is 2.01. The number of para-hydroxylation sites is 1. The Morgan fingerprint density at radius 3 is 2.68 bits per heavy atom. The Hall–Kier alpha value is -5.00. The molecule has 2 aromatic carbocycles. The van der Waals surface area contributed by atoms with Gasteiger partial charge in [0.2, 0.25) is 0 Å². The van der Waals surface area contributed by atoms with Gasteiger partial charge in [-0.25, -0.2) is 24.5 Å². The van der Waals surface area contributed by atoms with Crippen molar-refractivity contribution < 1.29 is 19.0 Å². The number of fused-ring (bicyclic) bond motifs is 2. The summed E-state index contributed by atoms with van der Waals surface area (Å²) in [7, 11) is 3.26. The number of H-pyrrole nitrogens is 1. The van der Waals surface area contributed by atoms with Crippen molar-refractivity contribution in [2.45, 2.75) is 25.3 Å². The van der Waals surface area contributed by atoms with Crippen molar-refractivity contribution in [2.75, 3.05) is 49.0 Å². The van der Waals surface area contributed by atoms with Gasteiger partial charge in [-0.1, -0.05) is 12.1 Å². The van der Waals surface area contributed by atoms with Gasteiger partial charge in [-0.15, -0.1) is 4.68 Å². The first-order valence-corrected chi connectivity index (χ1v) is 13.5. The topological polar surface area (TPSA) is 128 Å². The predicted molar refractivity (Wildman–Crippen MR) is 153 cm³/mol. The van der Waals surface area contributed by atoms with Crippen molar-refractivity contribution in [3.05, 3.63) is 82.8 Å². The maximum Gasteiger partial charge on any atom is 0.342 e. The number of benzene rings is 2. The van der Waals surface area contributed by atoms with Gasteiger partial charge in [0.15, 0.2) is 5.52 Å². The summed E-state index contributed by atoms with van der Waals surface area (Å²) < 4.78 is 6.94. The second-order valence-electron chi connectivity index (χ2n) is 10.2. The number of piperidine rings is 1. The highest BCUT2D eigenvalue weighted by molar-refractivity contribution is 5.99. The maximum atomic E-state index is 13.4. The molecular formula is C29H31N8O4+. The highest BCUT2D eigenvalue weighted by Gasteiger charge is 2.31. The van der Waals surface area contributed by atoms with Gasteiger partial charge in [0.25, 0.3) is 6.33 Å². The molecule has 0 radical (unpaired) electrons. The lowest BCUT2D eigenvalue weighted by atomic mass is 10.0. The minimum absolute atomic E-state index is 0.0856. The zero-order valence-corrected chi connectivity index (χ0v) is 22.9. The van der Waals surface area contributed by atoms with Crippen LogP contribution in [0.3, 0.4) is 0 Å². The van der Waals surface area contributed by atoms with Crippen LogP contribution in [0.2, 0.25) is 0 Å². The monoisotopic (exact) mass is 555 g/mol. The van der Waals surface area contributed by atoms with Gasteiger partial charge < -0.3 is 19.9 Å². The van der Waals surface area contributed by atoms with Gasteiger partial charge >= 0.3 is 17.5 Å². The van der Waals surface area contributed by atoms with Crippen molar-refractivity contribution in [3.63, 3.8) is 0 Å². The number of urea groups is 1. The van der Waals surface area contributed by atoms with E-state index in [-0.39, 0.29) is 29.2 Å². The molecule has 0 spiro atoms. The number of ether oxygens (including phenoxy) is 1. The molecule has 4 aromatic rings. The molecule has 0 bridgehead atoms. The molecule has 0 unspecified atom stereocenters. The summed E-state index contributed by atoms with van der Waals surface area (Å²) in [5, 5.41) is 4.94. The van der Waals surface area contributed by atoms with E-state index in [9.17, 15) is 14.4 Å². The first-order valence-electron chi connectivity index (χ1n) is 13.5. The Kier molecular flexibility index (Phi) is 6.96. The third kappa shape index (κ3) is 5.04. The molecule has 1 fully saturated rings. The number of rotatable bonds is 5. The average Bonchev–Trinajstić information content (AvgIpc) is 3.18. The molecule has 0 aliphatic carbocycles. The Morgan fingerprint density at radius 1 is 1.07 bits per heavy atom. The molecule has 12 nitrogen and oxygen atoms in total. The molecule has 41 heavy (non-hydrogen) atoms. The fourth-order valence-electron chi connectivity index (χ4n) is 5.59. The van der Waals surface area contributed by atoms with Crippen LogP contribution in [0.15, 0.2) is 66.0 Å². The Balaban J connectivity index is 1.13. The van der Waals surface area contributed by atoms with Crippen LogP contribution in [-0.2, 0) is 6.42 Å². The van der Waals surface area contributed by atoms with Gasteiger partial charge in [-0.2, -0.15) is 5.01 Å². The molecule has 1 saturated heterocycles. The summed E-state index contributed by atoms with van der Waals surface area (Å²) in [5.41, 5.74) is 2.50. The van der Waals surface area contributed by atoms with Crippen LogP contribution in [0.4, 0.5) is 16.3 Å². The quantitative estimate of drug-likeness (QED) is 0.361. The number of aromatic nitrogens is 4. The summed E-state index contributed by atoms with van der Waals surface area (Å²) in [5.74, 6) is 1.09. The third-order valence-electron chi connectivity index (χ3n) is 7.87. The summed E-state index contributed by atoms with van der Waals surface area (Å²) in [4.78, 5) is 54.1. The maximum absolute atomic E-state index is 13.4. The number of aromatic amines is 1. The highest BCUT2D eigenvalue weighted by atomic mass is 16.5. The van der Waals surface area contributed by atoms with Crippen LogP contribution in [0.25, 0.3) is 10.9 Å². The van der Waals surface area contributed by atoms with Gasteiger partial charge in [-0.05, 0) is 55.2 Å². The molecule has 2 aliphatic heterocycles. The van der Waals surface area contributed by atoms with Crippen molar-refractivity contribution in [3.8, 4) is 5.75 Å². The molecule has 12 heteroatoms. The normalized spacial score (nSPS) is 15.7. The molecule has 0 saturated carbocycles. The van der Waals surface area contributed by atoms with Crippen LogP contribution >= 0.6 is 0 Å². The molecule has 6 rings (SSSR count). The zero-order valence-electron chi connectivity index (χ0n) is 22.9. The van der Waals surface area contributed by atoms with E-state index in [0.29, 0.717) is 36.4 Å². The number of hydrogen-bond acceptors (Lipinski definition) is 7. The fourth-order valence-corrected chi connectivity index (χ4v) is 5.59. The third-order valence-corrected chi connectivity index (χ3v) is 7.87. The van der Waals surface area contributed by atoms with E-state index in [4.69, 9.17) is 4.74 Å². The van der Waals surface area contributed by atoms with Crippen LogP contribution in [-0.4, -0.2) is 71.6 Å². The standard InChI is InChI=1S/C29H30N8O4/c1-34(37-18-32-27(38)22-5-3-4-6-25(22)37)28(39)24-16-26(31-17-30-24)35-12-10-20(11-13-35)36-14-9-19-15-21(41-2)7-8-23(19)33-29(36)40/h3-8,15-18,20H,9-14H2,1-2H3,(H,33,40)/p+1. The number of anilines is 2. The number of carbonyl (C=O) groups excluding carboxylic acids is 2. The number of methoxy groups -OCH3 is 1. The lowest BCUT2D eigenvalue weighted by Crippen LogP contribution is -2.59. The van der Waals surface area contributed by atoms with Crippen molar-refractivity contribution >= 4 is 34.3 Å². The average molecular weight is 556 g/mol. The van der Waals surface area contributed by atoms with E-state index in [0.717, 1.165) is 36.3 Å². The number of nitrogens with zero attached hydrogens (tertiary/aromatic N) is 6. The first kappa shape index (κ1) is 26.2. The SMILES string of the molecule is COc1ccc2c(c1)CCN(C1CCN(c3cc(C(=O)N(C)[n+]4c[nH]c(=O)c5ccccc54)ncn3)CC1)C(=O)N2. The van der Waals surface area contributed by atoms with Gasteiger partial charge in [0.1, 0.15) is 29.0 Å². The van der Waals surface area contributed by atoms with Gasteiger partial charge in [0.05, 0.1) is 14.2 Å². The number of nitrogens with one attached hydrogen (secondary N) is 2. The van der Waals surface area contributed by atoms with Gasteiger partial charge in [0, 0.05) is 37.4 Å². The smallest absolute Gasteiger partial charge is 0.342 e. The number of amides is 3. The molecular weight excluding hydrogens is 524 g/mol. The van der Waals surface area contributed by atoms with Gasteiger partial charge in [-0.3, -0.25) is 4.79 Å². The number of carbonyl (C=O) groups is 2. The van der Waals surface area contributed by atoms with Crippen LogP contribution in [0.5, 0.6) is 5.75 Å². The van der Waals surface area contributed by atoms with E-state index in [2.05, 4.69) is 25.2 Å². The minimum atomic E-state index is -0.344. The highest BCUT2D eigenvalue weighted by Crippen LogP contribution is 2.28. The largest absolute Gasteiger partial charge is 0.497 e. The predicted octanol–water partition coefficient (Wildman–Crippen LogP) is 2.08. The van der Waals surface area contributed by atoms with E-state index in [1.54, 1.807) is 43.1 Å². The lowest BCUT2D eigenvalue weighted by Gasteiger charge is -2.38. The summed E-state index contributed by atoms with van der Waals surface area (Å²) >= 11 is 0. The first-order chi connectivity index (χ1) is 19.9. The summed E-state index contributed by atoms with van der Waals surface area (Å²) in [6.07, 6.45) is 5.16. The molecule has 210 valence electrons. The van der Waals surface area contributed by atoms with Crippen LogP contribution in [0, 0.1) is 0 Å². The Labute approximate surface area is 236 Å². The Bertz CT molecular complexity index is 1680. The molecule has 0 atom stereocenters. The van der Waals surface area contributed by atoms with Crippen molar-refractivity contribution in [1.82, 2.24) is 19.9 Å². The molecule has 3 amide bonds. The lowest BCUT2D eigenvalue weighted by molar-refractivity contribution is -0.656. The van der Waals surface area contributed by atoms with E-state index >= 15 is 0 Å². The molecule has 4 heterocycles. The Morgan fingerprint density at radius 2 is 1.88 bits per heavy atom. The van der Waals surface area contributed by atoms with Crippen LogP contribution < -0.4 is 30.2 Å². The van der Waals surface area contributed by atoms with E-state index in [1.165, 1.54) is 17.7 Å². The molecule has 2 N–H and O–H groups in total. The second-order valence-corrected chi connectivity index (χ2v) is 10.2. The van der Waals surface area contributed by atoms with Crippen LogP contribution in [0.1, 0.15) is 28.9 Å². The second kappa shape index (κ2) is 10.9. The van der Waals surface area contributed by atoms with E-state index in [1.807, 2.05) is 29.2 Å². The molecule has 2 aromatic heterocycles. The van der Waals surface area contributed by atoms with Crippen molar-refractivity contribution in [1.29, 1.82) is 0 Å². The number of hydrogen-bond donors (Lipinski definition) is 2. The minimum Gasteiger partial charge on any atom is -0.497 e.